The van der Waals surface area contributed by atoms with E-state index in [0.29, 0.717) is 12.8 Å². The van der Waals surface area contributed by atoms with Gasteiger partial charge < -0.3 is 5.11 Å². The van der Waals surface area contributed by atoms with E-state index in [2.05, 4.69) is 6.58 Å². The van der Waals surface area contributed by atoms with E-state index in [1.54, 1.807) is 0 Å². The maximum Gasteiger partial charge on any atom is 0.152 e. The molecular formula is C16H20O2S. The molecule has 3 heteroatoms. The zero-order chi connectivity index (χ0) is 14.0. The zero-order valence-corrected chi connectivity index (χ0v) is 12.2. The van der Waals surface area contributed by atoms with Crippen LogP contribution >= 0.6 is 11.8 Å². The Morgan fingerprint density at radius 2 is 2.05 bits per heavy atom. The molecule has 0 amide bonds. The van der Waals surface area contributed by atoms with Crippen LogP contribution in [0.15, 0.2) is 47.4 Å². The van der Waals surface area contributed by atoms with E-state index in [9.17, 15) is 9.90 Å². The lowest BCUT2D eigenvalue weighted by molar-refractivity contribution is -0.127. The van der Waals surface area contributed by atoms with Gasteiger partial charge in [-0.2, -0.15) is 0 Å². The van der Waals surface area contributed by atoms with Crippen LogP contribution in [0, 0.1) is 5.92 Å². The topological polar surface area (TPSA) is 37.3 Å². The highest BCUT2D eigenvalue weighted by Crippen LogP contribution is 2.44. The Hall–Kier alpha value is -1.06. The molecule has 2 rings (SSSR count). The Morgan fingerprint density at radius 1 is 1.42 bits per heavy atom. The molecule has 1 fully saturated rings. The molecule has 1 aromatic rings. The fourth-order valence-electron chi connectivity index (χ4n) is 2.42. The molecule has 1 N–H and O–H groups in total. The SMILES string of the molecule is C=C(C)C1CC(=O)C(C)(Sc2ccccc2)C(O)C1. The number of benzene rings is 1. The summed E-state index contributed by atoms with van der Waals surface area (Å²) in [5.74, 6) is 0.236. The lowest BCUT2D eigenvalue weighted by Crippen LogP contribution is -2.49. The van der Waals surface area contributed by atoms with E-state index in [0.717, 1.165) is 10.5 Å². The van der Waals surface area contributed by atoms with Crippen LogP contribution in [0.2, 0.25) is 0 Å². The third-order valence-electron chi connectivity index (χ3n) is 3.90. The smallest absolute Gasteiger partial charge is 0.152 e. The normalized spacial score (nSPS) is 31.2. The fourth-order valence-corrected chi connectivity index (χ4v) is 3.64. The molecule has 1 aliphatic carbocycles. The van der Waals surface area contributed by atoms with E-state index in [1.165, 1.54) is 11.8 Å². The molecule has 2 nitrogen and oxygen atoms in total. The predicted octanol–water partition coefficient (Wildman–Crippen LogP) is 3.45. The number of aliphatic hydroxyl groups excluding tert-OH is 1. The van der Waals surface area contributed by atoms with Gasteiger partial charge in [0.2, 0.25) is 0 Å². The average molecular weight is 276 g/mol. The Labute approximate surface area is 118 Å². The van der Waals surface area contributed by atoms with Gasteiger partial charge in [-0.3, -0.25) is 4.79 Å². The summed E-state index contributed by atoms with van der Waals surface area (Å²) in [6.07, 6.45) is 0.487. The molecule has 0 heterocycles. The minimum absolute atomic E-state index is 0.118. The first-order chi connectivity index (χ1) is 8.93. The number of hydrogen-bond acceptors (Lipinski definition) is 3. The van der Waals surface area contributed by atoms with Crippen LogP contribution in [0.1, 0.15) is 26.7 Å². The van der Waals surface area contributed by atoms with Crippen LogP contribution in [0.3, 0.4) is 0 Å². The monoisotopic (exact) mass is 276 g/mol. The molecular weight excluding hydrogens is 256 g/mol. The average Bonchev–Trinajstić information content (AvgIpc) is 2.37. The summed E-state index contributed by atoms with van der Waals surface area (Å²) in [4.78, 5) is 13.4. The molecule has 1 aliphatic rings. The van der Waals surface area contributed by atoms with E-state index < -0.39 is 10.9 Å². The van der Waals surface area contributed by atoms with Crippen molar-refractivity contribution in [3.8, 4) is 0 Å². The second kappa shape index (κ2) is 5.51. The quantitative estimate of drug-likeness (QED) is 0.859. The number of hydrogen-bond donors (Lipinski definition) is 1. The van der Waals surface area contributed by atoms with Gasteiger partial charge >= 0.3 is 0 Å². The molecule has 0 aromatic heterocycles. The van der Waals surface area contributed by atoms with Gasteiger partial charge in [0.25, 0.3) is 0 Å². The summed E-state index contributed by atoms with van der Waals surface area (Å²) in [6, 6.07) is 9.79. The largest absolute Gasteiger partial charge is 0.391 e. The molecule has 3 unspecified atom stereocenters. The summed E-state index contributed by atoms with van der Waals surface area (Å²) in [6.45, 7) is 7.69. The van der Waals surface area contributed by atoms with Crippen LogP contribution in [0.5, 0.6) is 0 Å². The Kier molecular flexibility index (Phi) is 4.16. The second-order valence-electron chi connectivity index (χ2n) is 5.44. The molecule has 3 atom stereocenters. The molecule has 102 valence electrons. The first-order valence-electron chi connectivity index (χ1n) is 6.54. The van der Waals surface area contributed by atoms with Crippen molar-refractivity contribution in [2.45, 2.75) is 42.4 Å². The minimum atomic E-state index is -0.743. The first kappa shape index (κ1) is 14.4. The number of allylic oxidation sites excluding steroid dienone is 1. The Bertz CT molecular complexity index is 483. The van der Waals surface area contributed by atoms with Gasteiger partial charge in [0, 0.05) is 11.3 Å². The maximum absolute atomic E-state index is 12.4. The number of ketones is 1. The lowest BCUT2D eigenvalue weighted by atomic mass is 9.76. The molecule has 0 aliphatic heterocycles. The number of Topliss-reactive ketones (excluding diaryl/α,β-unsaturated/α-hetero) is 1. The standard InChI is InChI=1S/C16H20O2S/c1-11(2)12-9-14(17)16(3,15(18)10-12)19-13-7-5-4-6-8-13/h4-8,12,14,17H,1,9-10H2,2-3H3. The number of carbonyl (C=O) groups excluding carboxylic acids is 1. The number of carbonyl (C=O) groups is 1. The van der Waals surface area contributed by atoms with Crippen LogP contribution in [-0.4, -0.2) is 21.7 Å². The van der Waals surface area contributed by atoms with Crippen LogP contribution in [-0.2, 0) is 4.79 Å². The van der Waals surface area contributed by atoms with Crippen LogP contribution in [0.4, 0.5) is 0 Å². The third kappa shape index (κ3) is 2.93. The van der Waals surface area contributed by atoms with Crippen molar-refractivity contribution in [2.24, 2.45) is 5.92 Å². The van der Waals surface area contributed by atoms with Crippen molar-refractivity contribution in [3.05, 3.63) is 42.5 Å². The summed E-state index contributed by atoms with van der Waals surface area (Å²) < 4.78 is -0.743. The van der Waals surface area contributed by atoms with Crippen molar-refractivity contribution in [2.75, 3.05) is 0 Å². The predicted molar refractivity (Wildman–Crippen MR) is 79.3 cm³/mol. The molecule has 19 heavy (non-hydrogen) atoms. The molecule has 1 saturated carbocycles. The lowest BCUT2D eigenvalue weighted by Gasteiger charge is -2.40. The highest BCUT2D eigenvalue weighted by atomic mass is 32.2. The highest BCUT2D eigenvalue weighted by Gasteiger charge is 2.46. The van der Waals surface area contributed by atoms with Gasteiger partial charge in [0.15, 0.2) is 5.78 Å². The number of thioether (sulfide) groups is 1. The van der Waals surface area contributed by atoms with Gasteiger partial charge in [-0.15, -0.1) is 11.8 Å². The zero-order valence-electron chi connectivity index (χ0n) is 11.4. The van der Waals surface area contributed by atoms with Gasteiger partial charge in [0.05, 0.1) is 6.10 Å². The van der Waals surface area contributed by atoms with E-state index in [-0.39, 0.29) is 11.7 Å². The van der Waals surface area contributed by atoms with Gasteiger partial charge in [-0.25, -0.2) is 0 Å². The van der Waals surface area contributed by atoms with Crippen LogP contribution in [0.25, 0.3) is 0 Å². The van der Waals surface area contributed by atoms with Crippen molar-refractivity contribution in [1.82, 2.24) is 0 Å². The first-order valence-corrected chi connectivity index (χ1v) is 7.36. The highest BCUT2D eigenvalue weighted by molar-refractivity contribution is 8.01. The fraction of sp³-hybridized carbons (Fsp3) is 0.438. The minimum Gasteiger partial charge on any atom is -0.391 e. The Balaban J connectivity index is 2.19. The van der Waals surface area contributed by atoms with Gasteiger partial charge in [0.1, 0.15) is 4.75 Å². The molecule has 0 saturated heterocycles. The number of rotatable bonds is 3. The van der Waals surface area contributed by atoms with Crippen molar-refractivity contribution in [3.63, 3.8) is 0 Å². The van der Waals surface area contributed by atoms with E-state index in [4.69, 9.17) is 0 Å². The summed E-state index contributed by atoms with van der Waals surface area (Å²) in [5, 5.41) is 10.4. The third-order valence-corrected chi connectivity index (χ3v) is 5.33. The summed E-state index contributed by atoms with van der Waals surface area (Å²) in [5.41, 5.74) is 0.985. The maximum atomic E-state index is 12.4. The van der Waals surface area contributed by atoms with Crippen molar-refractivity contribution in [1.29, 1.82) is 0 Å². The van der Waals surface area contributed by atoms with E-state index in [1.807, 2.05) is 44.2 Å². The molecule has 0 spiro atoms. The van der Waals surface area contributed by atoms with E-state index >= 15 is 0 Å². The Morgan fingerprint density at radius 3 is 2.58 bits per heavy atom. The van der Waals surface area contributed by atoms with Crippen molar-refractivity contribution < 1.29 is 9.90 Å². The summed E-state index contributed by atoms with van der Waals surface area (Å²) >= 11 is 1.47. The van der Waals surface area contributed by atoms with Crippen LogP contribution < -0.4 is 0 Å². The second-order valence-corrected chi connectivity index (χ2v) is 6.97. The van der Waals surface area contributed by atoms with Crippen molar-refractivity contribution >= 4 is 17.5 Å². The summed E-state index contributed by atoms with van der Waals surface area (Å²) in [7, 11) is 0. The van der Waals surface area contributed by atoms with Gasteiger partial charge in [-0.1, -0.05) is 30.4 Å². The molecule has 1 aromatic carbocycles. The molecule has 0 bridgehead atoms. The number of aliphatic hydroxyl groups is 1. The van der Waals surface area contributed by atoms with Gasteiger partial charge in [-0.05, 0) is 38.3 Å². The molecule has 0 radical (unpaired) electrons.